The molecule has 0 saturated heterocycles. The molecule has 1 heterocycles. The number of rotatable bonds is 4. The summed E-state index contributed by atoms with van der Waals surface area (Å²) in [7, 11) is 0. The maximum Gasteiger partial charge on any atom is 0.0163 e. The van der Waals surface area contributed by atoms with E-state index in [9.17, 15) is 0 Å². The second kappa shape index (κ2) is 5.36. The quantitative estimate of drug-likeness (QED) is 0.443. The standard InChI is InChI=1S/C10H19N/c1-2-3-5-8-11-9-6-4-7-10-11/h4,6H,2-3,5,7-10H2,1H3. The first-order valence-corrected chi connectivity index (χ1v) is 4.81. The summed E-state index contributed by atoms with van der Waals surface area (Å²) in [5.41, 5.74) is 0. The Kier molecular flexibility index (Phi) is 4.29. The summed E-state index contributed by atoms with van der Waals surface area (Å²) in [5.74, 6) is 0. The van der Waals surface area contributed by atoms with E-state index in [1.807, 2.05) is 0 Å². The summed E-state index contributed by atoms with van der Waals surface area (Å²) < 4.78 is 0. The van der Waals surface area contributed by atoms with Gasteiger partial charge in [-0.05, 0) is 19.4 Å². The maximum atomic E-state index is 2.54. The average Bonchev–Trinajstić information content (AvgIpc) is 2.07. The third kappa shape index (κ3) is 3.57. The van der Waals surface area contributed by atoms with E-state index in [0.29, 0.717) is 0 Å². The Labute approximate surface area is 70.1 Å². The predicted octanol–water partition coefficient (Wildman–Crippen LogP) is 2.44. The van der Waals surface area contributed by atoms with Crippen LogP contribution in [0.1, 0.15) is 32.6 Å². The van der Waals surface area contributed by atoms with Crippen LogP contribution in [0.15, 0.2) is 12.2 Å². The molecule has 1 rings (SSSR count). The zero-order valence-electron chi connectivity index (χ0n) is 7.55. The Morgan fingerprint density at radius 2 is 2.18 bits per heavy atom. The lowest BCUT2D eigenvalue weighted by molar-refractivity contribution is 0.291. The van der Waals surface area contributed by atoms with Crippen molar-refractivity contribution in [2.45, 2.75) is 32.6 Å². The highest BCUT2D eigenvalue weighted by Gasteiger charge is 2.03. The Balaban J connectivity index is 2.02. The highest BCUT2D eigenvalue weighted by Crippen LogP contribution is 2.03. The molecule has 1 aliphatic rings. The van der Waals surface area contributed by atoms with Crippen LogP contribution in [-0.2, 0) is 0 Å². The molecular formula is C10H19N. The minimum atomic E-state index is 1.18. The van der Waals surface area contributed by atoms with E-state index < -0.39 is 0 Å². The lowest BCUT2D eigenvalue weighted by atomic mass is 10.2. The number of hydrogen-bond acceptors (Lipinski definition) is 1. The molecule has 0 unspecified atom stereocenters. The van der Waals surface area contributed by atoms with Crippen molar-refractivity contribution < 1.29 is 0 Å². The number of nitrogens with zero attached hydrogens (tertiary/aromatic N) is 1. The predicted molar refractivity (Wildman–Crippen MR) is 49.7 cm³/mol. The fourth-order valence-corrected chi connectivity index (χ4v) is 1.48. The van der Waals surface area contributed by atoms with Crippen molar-refractivity contribution in [1.29, 1.82) is 0 Å². The van der Waals surface area contributed by atoms with Crippen LogP contribution < -0.4 is 0 Å². The third-order valence-corrected chi connectivity index (χ3v) is 2.22. The van der Waals surface area contributed by atoms with E-state index in [4.69, 9.17) is 0 Å². The first-order valence-electron chi connectivity index (χ1n) is 4.81. The van der Waals surface area contributed by atoms with Gasteiger partial charge in [0.1, 0.15) is 0 Å². The molecule has 0 spiro atoms. The summed E-state index contributed by atoms with van der Waals surface area (Å²) in [6, 6.07) is 0. The van der Waals surface area contributed by atoms with Crippen LogP contribution in [0.3, 0.4) is 0 Å². The molecule has 11 heavy (non-hydrogen) atoms. The highest BCUT2D eigenvalue weighted by molar-refractivity contribution is 4.90. The Bertz CT molecular complexity index is 118. The molecule has 0 aliphatic carbocycles. The van der Waals surface area contributed by atoms with Gasteiger partial charge in [0.25, 0.3) is 0 Å². The van der Waals surface area contributed by atoms with Crippen molar-refractivity contribution in [3.05, 3.63) is 12.2 Å². The van der Waals surface area contributed by atoms with Gasteiger partial charge in [0.05, 0.1) is 0 Å². The molecule has 0 bridgehead atoms. The number of unbranched alkanes of at least 4 members (excludes halogenated alkanes) is 2. The van der Waals surface area contributed by atoms with E-state index in [-0.39, 0.29) is 0 Å². The van der Waals surface area contributed by atoms with Gasteiger partial charge in [0, 0.05) is 13.1 Å². The summed E-state index contributed by atoms with van der Waals surface area (Å²) >= 11 is 0. The van der Waals surface area contributed by atoms with E-state index in [1.165, 1.54) is 45.3 Å². The van der Waals surface area contributed by atoms with Gasteiger partial charge in [-0.25, -0.2) is 0 Å². The molecule has 64 valence electrons. The minimum Gasteiger partial charge on any atom is -0.299 e. The van der Waals surface area contributed by atoms with Crippen molar-refractivity contribution in [2.75, 3.05) is 19.6 Å². The fraction of sp³-hybridized carbons (Fsp3) is 0.800. The smallest absolute Gasteiger partial charge is 0.0163 e. The molecule has 0 fully saturated rings. The second-order valence-electron chi connectivity index (χ2n) is 3.27. The Morgan fingerprint density at radius 3 is 2.82 bits per heavy atom. The zero-order chi connectivity index (χ0) is 7.94. The average molecular weight is 153 g/mol. The monoisotopic (exact) mass is 153 g/mol. The zero-order valence-corrected chi connectivity index (χ0v) is 7.55. The second-order valence-corrected chi connectivity index (χ2v) is 3.27. The van der Waals surface area contributed by atoms with Gasteiger partial charge in [-0.3, -0.25) is 4.90 Å². The lowest BCUT2D eigenvalue weighted by Gasteiger charge is -2.22. The molecule has 0 aromatic carbocycles. The molecule has 1 heteroatoms. The third-order valence-electron chi connectivity index (χ3n) is 2.22. The molecule has 0 atom stereocenters. The maximum absolute atomic E-state index is 2.54. The molecule has 0 aromatic heterocycles. The Morgan fingerprint density at radius 1 is 1.27 bits per heavy atom. The normalized spacial score (nSPS) is 19.0. The molecule has 0 saturated carbocycles. The van der Waals surface area contributed by atoms with Gasteiger partial charge in [0.2, 0.25) is 0 Å². The summed E-state index contributed by atoms with van der Waals surface area (Å²) in [5, 5.41) is 0. The van der Waals surface area contributed by atoms with Gasteiger partial charge in [0.15, 0.2) is 0 Å². The summed E-state index contributed by atoms with van der Waals surface area (Å²) in [6.45, 7) is 6.03. The van der Waals surface area contributed by atoms with Crippen LogP contribution in [0.2, 0.25) is 0 Å². The fourth-order valence-electron chi connectivity index (χ4n) is 1.48. The molecule has 1 aliphatic heterocycles. The highest BCUT2D eigenvalue weighted by atomic mass is 15.1. The summed E-state index contributed by atoms with van der Waals surface area (Å²) in [4.78, 5) is 2.54. The van der Waals surface area contributed by atoms with E-state index >= 15 is 0 Å². The van der Waals surface area contributed by atoms with Crippen molar-refractivity contribution in [2.24, 2.45) is 0 Å². The van der Waals surface area contributed by atoms with Crippen LogP contribution in [0.5, 0.6) is 0 Å². The molecule has 0 aromatic rings. The van der Waals surface area contributed by atoms with Crippen molar-refractivity contribution in [1.82, 2.24) is 4.90 Å². The van der Waals surface area contributed by atoms with E-state index in [2.05, 4.69) is 24.0 Å². The van der Waals surface area contributed by atoms with Crippen LogP contribution in [0, 0.1) is 0 Å². The van der Waals surface area contributed by atoms with Crippen molar-refractivity contribution in [3.8, 4) is 0 Å². The van der Waals surface area contributed by atoms with Crippen LogP contribution in [0.25, 0.3) is 0 Å². The van der Waals surface area contributed by atoms with Gasteiger partial charge in [-0.2, -0.15) is 0 Å². The van der Waals surface area contributed by atoms with Gasteiger partial charge in [-0.15, -0.1) is 0 Å². The first kappa shape index (κ1) is 8.79. The van der Waals surface area contributed by atoms with Crippen molar-refractivity contribution >= 4 is 0 Å². The van der Waals surface area contributed by atoms with Crippen molar-refractivity contribution in [3.63, 3.8) is 0 Å². The van der Waals surface area contributed by atoms with Gasteiger partial charge < -0.3 is 0 Å². The molecule has 0 amide bonds. The van der Waals surface area contributed by atoms with E-state index in [0.717, 1.165) is 0 Å². The largest absolute Gasteiger partial charge is 0.299 e. The van der Waals surface area contributed by atoms with Crippen LogP contribution in [-0.4, -0.2) is 24.5 Å². The molecular weight excluding hydrogens is 134 g/mol. The molecule has 1 nitrogen and oxygen atoms in total. The topological polar surface area (TPSA) is 3.24 Å². The molecule has 0 radical (unpaired) electrons. The lowest BCUT2D eigenvalue weighted by Crippen LogP contribution is -2.28. The summed E-state index contributed by atoms with van der Waals surface area (Å²) in [6.07, 6.45) is 9.94. The first-order chi connectivity index (χ1) is 5.43. The van der Waals surface area contributed by atoms with Crippen LogP contribution >= 0.6 is 0 Å². The van der Waals surface area contributed by atoms with Crippen LogP contribution in [0.4, 0.5) is 0 Å². The van der Waals surface area contributed by atoms with E-state index in [1.54, 1.807) is 0 Å². The van der Waals surface area contributed by atoms with Gasteiger partial charge >= 0.3 is 0 Å². The number of hydrogen-bond donors (Lipinski definition) is 0. The Hall–Kier alpha value is -0.300. The van der Waals surface area contributed by atoms with Gasteiger partial charge in [-0.1, -0.05) is 31.9 Å². The molecule has 0 N–H and O–H groups in total. The minimum absolute atomic E-state index is 1.18. The SMILES string of the molecule is CCCCCN1CC=CCC1.